The topological polar surface area (TPSA) is 83.0 Å². The van der Waals surface area contributed by atoms with Crippen LogP contribution in [-0.4, -0.2) is 33.7 Å². The summed E-state index contributed by atoms with van der Waals surface area (Å²) < 4.78 is 7.72. The van der Waals surface area contributed by atoms with Gasteiger partial charge in [0.25, 0.3) is 0 Å². The molecule has 1 saturated heterocycles. The van der Waals surface area contributed by atoms with Crippen molar-refractivity contribution < 1.29 is 9.53 Å². The van der Waals surface area contributed by atoms with E-state index in [0.29, 0.717) is 5.69 Å². The van der Waals surface area contributed by atoms with Gasteiger partial charge in [0.2, 0.25) is 5.91 Å². The van der Waals surface area contributed by atoms with Gasteiger partial charge in [-0.25, -0.2) is 0 Å². The number of nitrogens with zero attached hydrogens (tertiary/aromatic N) is 3. The quantitative estimate of drug-likeness (QED) is 0.754. The van der Waals surface area contributed by atoms with Crippen molar-refractivity contribution in [3.8, 4) is 11.3 Å². The highest BCUT2D eigenvalue weighted by molar-refractivity contribution is 5.95. The summed E-state index contributed by atoms with van der Waals surface area (Å²) in [7, 11) is 1.99. The molecular formula is C21H24N4O2. The van der Waals surface area contributed by atoms with Crippen LogP contribution in [0.25, 0.3) is 22.2 Å². The average Bonchev–Trinajstić information content (AvgIpc) is 3.27. The first-order valence-electron chi connectivity index (χ1n) is 9.30. The summed E-state index contributed by atoms with van der Waals surface area (Å²) in [6.45, 7) is 3.71. The van der Waals surface area contributed by atoms with Crippen LogP contribution in [-0.2, 0) is 28.4 Å². The van der Waals surface area contributed by atoms with E-state index < -0.39 is 0 Å². The maximum Gasteiger partial charge on any atom is 0.223 e. The van der Waals surface area contributed by atoms with Crippen LogP contribution < -0.4 is 5.73 Å². The number of aromatic nitrogens is 3. The van der Waals surface area contributed by atoms with Crippen LogP contribution in [0.15, 0.2) is 36.7 Å². The van der Waals surface area contributed by atoms with Crippen molar-refractivity contribution >= 4 is 16.8 Å². The highest BCUT2D eigenvalue weighted by atomic mass is 16.5. The zero-order valence-electron chi connectivity index (χ0n) is 15.7. The van der Waals surface area contributed by atoms with Crippen molar-refractivity contribution in [3.63, 3.8) is 0 Å². The van der Waals surface area contributed by atoms with E-state index in [4.69, 9.17) is 15.5 Å². The zero-order valence-corrected chi connectivity index (χ0v) is 15.7. The highest BCUT2D eigenvalue weighted by Crippen LogP contribution is 2.37. The monoisotopic (exact) mass is 364 g/mol. The lowest BCUT2D eigenvalue weighted by atomic mass is 9.80. The summed E-state index contributed by atoms with van der Waals surface area (Å²) >= 11 is 0. The molecule has 0 aliphatic carbocycles. The number of carbonyl (C=O) groups excluding carboxylic acids is 1. The van der Waals surface area contributed by atoms with Gasteiger partial charge in [0.15, 0.2) is 0 Å². The second-order valence-corrected chi connectivity index (χ2v) is 7.33. The predicted molar refractivity (Wildman–Crippen MR) is 104 cm³/mol. The molecule has 0 unspecified atom stereocenters. The number of primary amides is 1. The third-order valence-corrected chi connectivity index (χ3v) is 5.64. The number of amides is 1. The van der Waals surface area contributed by atoms with Crippen LogP contribution in [0.1, 0.15) is 31.2 Å². The number of carbonyl (C=O) groups is 1. The molecule has 140 valence electrons. The number of ether oxygens (including phenoxy) is 1. The van der Waals surface area contributed by atoms with Crippen molar-refractivity contribution in [2.45, 2.75) is 31.6 Å². The first kappa shape index (κ1) is 17.7. The number of hydrogen-bond acceptors (Lipinski definition) is 4. The van der Waals surface area contributed by atoms with Crippen molar-refractivity contribution in [2.24, 2.45) is 12.8 Å². The average molecular weight is 364 g/mol. The first-order valence-corrected chi connectivity index (χ1v) is 9.30. The summed E-state index contributed by atoms with van der Waals surface area (Å²) in [6, 6.07) is 8.15. The first-order chi connectivity index (χ1) is 13.0. The molecule has 6 heteroatoms. The van der Waals surface area contributed by atoms with Crippen LogP contribution in [0.5, 0.6) is 0 Å². The van der Waals surface area contributed by atoms with E-state index in [1.54, 1.807) is 6.20 Å². The van der Waals surface area contributed by atoms with Gasteiger partial charge in [0.1, 0.15) is 0 Å². The van der Waals surface area contributed by atoms with Crippen molar-refractivity contribution in [2.75, 3.05) is 13.2 Å². The Morgan fingerprint density at radius 3 is 2.96 bits per heavy atom. The SMILES string of the molecule is CC[C@@]1(c2cccc(-c3cn(C)c4cnc(CC(N)=O)cc34)n2)CCOC1. The minimum absolute atomic E-state index is 0.000716. The molecule has 0 radical (unpaired) electrons. The van der Waals surface area contributed by atoms with E-state index >= 15 is 0 Å². The van der Waals surface area contributed by atoms with E-state index in [2.05, 4.69) is 30.2 Å². The summed E-state index contributed by atoms with van der Waals surface area (Å²) in [5.74, 6) is -0.384. The Labute approximate surface area is 158 Å². The third-order valence-electron chi connectivity index (χ3n) is 5.64. The van der Waals surface area contributed by atoms with Gasteiger partial charge in [0, 0.05) is 41.9 Å². The van der Waals surface area contributed by atoms with Gasteiger partial charge in [-0.3, -0.25) is 14.8 Å². The molecule has 3 aromatic rings. The molecule has 2 N–H and O–H groups in total. The lowest BCUT2D eigenvalue weighted by Crippen LogP contribution is -2.26. The Morgan fingerprint density at radius 2 is 2.26 bits per heavy atom. The number of nitrogens with two attached hydrogens (primary N) is 1. The van der Waals surface area contributed by atoms with Gasteiger partial charge in [-0.15, -0.1) is 0 Å². The molecular weight excluding hydrogens is 340 g/mol. The second-order valence-electron chi connectivity index (χ2n) is 7.33. The predicted octanol–water partition coefficient (Wildman–Crippen LogP) is 2.73. The second kappa shape index (κ2) is 6.78. The third kappa shape index (κ3) is 3.10. The molecule has 4 rings (SSSR count). The van der Waals surface area contributed by atoms with Gasteiger partial charge < -0.3 is 15.0 Å². The van der Waals surface area contributed by atoms with Crippen LogP contribution >= 0.6 is 0 Å². The number of hydrogen-bond donors (Lipinski definition) is 1. The summed E-state index contributed by atoms with van der Waals surface area (Å²) in [5.41, 5.74) is 10.1. The van der Waals surface area contributed by atoms with E-state index in [1.165, 1.54) is 0 Å². The van der Waals surface area contributed by atoms with Gasteiger partial charge in [-0.05, 0) is 31.0 Å². The molecule has 1 fully saturated rings. The molecule has 0 aromatic carbocycles. The van der Waals surface area contributed by atoms with E-state index in [9.17, 15) is 4.79 Å². The molecule has 0 bridgehead atoms. The minimum Gasteiger partial charge on any atom is -0.380 e. The molecule has 0 saturated carbocycles. The number of aryl methyl sites for hydroxylation is 1. The Hall–Kier alpha value is -2.73. The maximum atomic E-state index is 11.3. The van der Waals surface area contributed by atoms with Gasteiger partial charge in [-0.2, -0.15) is 0 Å². The van der Waals surface area contributed by atoms with Crippen LogP contribution in [0.2, 0.25) is 0 Å². The van der Waals surface area contributed by atoms with Gasteiger partial charge in [-0.1, -0.05) is 13.0 Å². The molecule has 1 aliphatic heterocycles. The molecule has 1 amide bonds. The number of pyridine rings is 2. The number of rotatable bonds is 5. The standard InChI is InChI=1S/C21H24N4O2/c1-3-21(7-8-27-13-21)19-6-4-5-17(24-19)16-12-25(2)18-11-23-14(9-15(16)18)10-20(22)26/h4-6,9,11-12H,3,7-8,10,13H2,1-2H3,(H2,22,26)/t21-/m1/s1. The molecule has 4 heterocycles. The molecule has 0 spiro atoms. The van der Waals surface area contributed by atoms with Crippen LogP contribution in [0, 0.1) is 0 Å². The lowest BCUT2D eigenvalue weighted by molar-refractivity contribution is -0.117. The van der Waals surface area contributed by atoms with Crippen LogP contribution in [0.3, 0.4) is 0 Å². The summed E-state index contributed by atoms with van der Waals surface area (Å²) in [4.78, 5) is 20.7. The molecule has 1 atom stereocenters. The molecule has 1 aliphatic rings. The van der Waals surface area contributed by atoms with Gasteiger partial charge in [0.05, 0.1) is 36.1 Å². The van der Waals surface area contributed by atoms with E-state index in [1.807, 2.05) is 23.7 Å². The number of fused-ring (bicyclic) bond motifs is 1. The fraction of sp³-hybridized carbons (Fsp3) is 0.381. The van der Waals surface area contributed by atoms with Crippen LogP contribution in [0.4, 0.5) is 0 Å². The Bertz CT molecular complexity index is 1000. The van der Waals surface area contributed by atoms with Gasteiger partial charge >= 0.3 is 0 Å². The molecule has 27 heavy (non-hydrogen) atoms. The highest BCUT2D eigenvalue weighted by Gasteiger charge is 2.36. The van der Waals surface area contributed by atoms with E-state index in [-0.39, 0.29) is 17.7 Å². The van der Waals surface area contributed by atoms with E-state index in [0.717, 1.165) is 53.9 Å². The van der Waals surface area contributed by atoms with Crippen molar-refractivity contribution in [1.82, 2.24) is 14.5 Å². The Morgan fingerprint density at radius 1 is 1.41 bits per heavy atom. The zero-order chi connectivity index (χ0) is 19.0. The summed E-state index contributed by atoms with van der Waals surface area (Å²) in [5, 5.41) is 1.03. The smallest absolute Gasteiger partial charge is 0.223 e. The molecule has 6 nitrogen and oxygen atoms in total. The maximum absolute atomic E-state index is 11.3. The minimum atomic E-state index is -0.384. The Kier molecular flexibility index (Phi) is 4.44. The largest absolute Gasteiger partial charge is 0.380 e. The summed E-state index contributed by atoms with van der Waals surface area (Å²) in [6.07, 6.45) is 6.00. The van der Waals surface area contributed by atoms with Crippen molar-refractivity contribution in [3.05, 3.63) is 48.0 Å². The lowest BCUT2D eigenvalue weighted by Gasteiger charge is -2.25. The van der Waals surface area contributed by atoms with Crippen molar-refractivity contribution in [1.29, 1.82) is 0 Å². The Balaban J connectivity index is 1.82. The fourth-order valence-electron chi connectivity index (χ4n) is 3.95. The molecule has 3 aromatic heterocycles. The normalized spacial score (nSPS) is 19.6. The fourth-order valence-corrected chi connectivity index (χ4v) is 3.95.